The van der Waals surface area contributed by atoms with Crippen LogP contribution < -0.4 is 9.47 Å². The molecular formula is C16H18BrNO3. The first-order valence-corrected chi connectivity index (χ1v) is 8.11. The van der Waals surface area contributed by atoms with Crippen molar-refractivity contribution in [3.63, 3.8) is 0 Å². The van der Waals surface area contributed by atoms with Gasteiger partial charge in [0.25, 0.3) is 0 Å². The highest BCUT2D eigenvalue weighted by atomic mass is 79.9. The molecule has 2 aliphatic carbocycles. The first-order chi connectivity index (χ1) is 10.2. The number of methoxy groups -OCH3 is 1. The van der Waals surface area contributed by atoms with E-state index >= 15 is 0 Å². The molecule has 21 heavy (non-hydrogen) atoms. The minimum absolute atomic E-state index is 0.268. The second kappa shape index (κ2) is 5.82. The lowest BCUT2D eigenvalue weighted by molar-refractivity contribution is 0.199. The van der Waals surface area contributed by atoms with E-state index in [0.717, 1.165) is 41.5 Å². The number of nitrogens with zero attached hydrogens (tertiary/aromatic N) is 1. The highest BCUT2D eigenvalue weighted by molar-refractivity contribution is 9.10. The SMILES string of the molecule is COc1cc(C2(N=C=O)CC2)cc(Br)c1OC1CCCC1. The van der Waals surface area contributed by atoms with E-state index in [9.17, 15) is 4.79 Å². The molecular weight excluding hydrogens is 334 g/mol. The second-order valence-corrected chi connectivity index (χ2v) is 6.60. The molecule has 0 aliphatic heterocycles. The van der Waals surface area contributed by atoms with Crippen LogP contribution in [0.25, 0.3) is 0 Å². The van der Waals surface area contributed by atoms with Gasteiger partial charge in [-0.3, -0.25) is 0 Å². The van der Waals surface area contributed by atoms with Crippen molar-refractivity contribution >= 4 is 22.0 Å². The van der Waals surface area contributed by atoms with E-state index in [2.05, 4.69) is 20.9 Å². The first kappa shape index (κ1) is 14.6. The van der Waals surface area contributed by atoms with Crippen molar-refractivity contribution in [3.05, 3.63) is 22.2 Å². The van der Waals surface area contributed by atoms with Gasteiger partial charge in [0, 0.05) is 0 Å². The molecule has 0 N–H and O–H groups in total. The molecule has 1 aromatic rings. The lowest BCUT2D eigenvalue weighted by Gasteiger charge is -2.19. The van der Waals surface area contributed by atoms with Crippen molar-refractivity contribution < 1.29 is 14.3 Å². The number of ether oxygens (including phenoxy) is 2. The Morgan fingerprint density at radius 3 is 2.62 bits per heavy atom. The average Bonchev–Trinajstić information content (AvgIpc) is 3.08. The molecule has 0 saturated heterocycles. The van der Waals surface area contributed by atoms with E-state index in [0.29, 0.717) is 5.75 Å². The first-order valence-electron chi connectivity index (χ1n) is 7.32. The maximum atomic E-state index is 10.6. The number of isocyanates is 1. The van der Waals surface area contributed by atoms with Crippen molar-refractivity contribution in [2.45, 2.75) is 50.2 Å². The zero-order valence-electron chi connectivity index (χ0n) is 12.0. The fraction of sp³-hybridized carbons (Fsp3) is 0.562. The van der Waals surface area contributed by atoms with Crippen LogP contribution in [0.3, 0.4) is 0 Å². The van der Waals surface area contributed by atoms with Crippen LogP contribution >= 0.6 is 15.9 Å². The number of hydrogen-bond donors (Lipinski definition) is 0. The Hall–Kier alpha value is -1.32. The summed E-state index contributed by atoms with van der Waals surface area (Å²) in [5, 5.41) is 0. The zero-order valence-corrected chi connectivity index (χ0v) is 13.6. The van der Waals surface area contributed by atoms with Gasteiger partial charge in [0.2, 0.25) is 6.08 Å². The minimum atomic E-state index is -0.399. The van der Waals surface area contributed by atoms with Gasteiger partial charge in [-0.05, 0) is 72.2 Å². The van der Waals surface area contributed by atoms with Gasteiger partial charge < -0.3 is 9.47 Å². The molecule has 1 aromatic carbocycles. The Morgan fingerprint density at radius 1 is 1.33 bits per heavy atom. The quantitative estimate of drug-likeness (QED) is 0.592. The fourth-order valence-corrected chi connectivity index (χ4v) is 3.48. The molecule has 0 amide bonds. The van der Waals surface area contributed by atoms with E-state index in [1.165, 1.54) is 12.8 Å². The highest BCUT2D eigenvalue weighted by Crippen LogP contribution is 2.52. The number of aliphatic imine (C=N–C) groups is 1. The van der Waals surface area contributed by atoms with E-state index in [-0.39, 0.29) is 6.10 Å². The number of carbonyl (C=O) groups excluding carboxylic acids is 1. The molecule has 0 spiro atoms. The third-order valence-corrected chi connectivity index (χ3v) is 4.93. The van der Waals surface area contributed by atoms with Gasteiger partial charge in [0.05, 0.1) is 23.2 Å². The van der Waals surface area contributed by atoms with Crippen LogP contribution in [-0.2, 0) is 10.3 Å². The molecule has 0 atom stereocenters. The van der Waals surface area contributed by atoms with Gasteiger partial charge >= 0.3 is 0 Å². The van der Waals surface area contributed by atoms with Crippen LogP contribution in [0.4, 0.5) is 0 Å². The summed E-state index contributed by atoms with van der Waals surface area (Å²) >= 11 is 3.57. The van der Waals surface area contributed by atoms with Gasteiger partial charge in [-0.15, -0.1) is 0 Å². The summed E-state index contributed by atoms with van der Waals surface area (Å²) in [6.45, 7) is 0. The molecule has 2 fully saturated rings. The van der Waals surface area contributed by atoms with Crippen molar-refractivity contribution in [3.8, 4) is 11.5 Å². The normalized spacial score (nSPS) is 19.9. The Labute approximate surface area is 132 Å². The molecule has 5 heteroatoms. The van der Waals surface area contributed by atoms with Crippen molar-refractivity contribution in [2.75, 3.05) is 7.11 Å². The van der Waals surface area contributed by atoms with Gasteiger partial charge in [-0.1, -0.05) is 0 Å². The van der Waals surface area contributed by atoms with Crippen molar-refractivity contribution in [1.82, 2.24) is 0 Å². The molecule has 2 saturated carbocycles. The van der Waals surface area contributed by atoms with E-state index in [1.807, 2.05) is 12.1 Å². The number of benzene rings is 1. The summed E-state index contributed by atoms with van der Waals surface area (Å²) in [6, 6.07) is 3.92. The largest absolute Gasteiger partial charge is 0.493 e. The summed E-state index contributed by atoms with van der Waals surface area (Å²) in [4.78, 5) is 14.6. The Morgan fingerprint density at radius 2 is 2.05 bits per heavy atom. The highest BCUT2D eigenvalue weighted by Gasteiger charge is 2.45. The van der Waals surface area contributed by atoms with E-state index < -0.39 is 5.54 Å². The Balaban J connectivity index is 1.93. The van der Waals surface area contributed by atoms with Gasteiger partial charge in [0.1, 0.15) is 0 Å². The van der Waals surface area contributed by atoms with Crippen LogP contribution in [0.5, 0.6) is 11.5 Å². The van der Waals surface area contributed by atoms with Gasteiger partial charge in [-0.2, -0.15) is 4.99 Å². The fourth-order valence-electron chi connectivity index (χ4n) is 2.95. The smallest absolute Gasteiger partial charge is 0.235 e. The Kier molecular flexibility index (Phi) is 4.05. The van der Waals surface area contributed by atoms with Crippen LogP contribution in [0.1, 0.15) is 44.1 Å². The van der Waals surface area contributed by atoms with Crippen LogP contribution in [-0.4, -0.2) is 19.3 Å². The summed E-state index contributed by atoms with van der Waals surface area (Å²) in [5.41, 5.74) is 0.581. The summed E-state index contributed by atoms with van der Waals surface area (Å²) in [7, 11) is 1.63. The predicted molar refractivity (Wildman–Crippen MR) is 82.6 cm³/mol. The standard InChI is InChI=1S/C16H18BrNO3/c1-20-14-9-11(16(6-7-16)18-10-19)8-13(17)15(14)21-12-4-2-3-5-12/h8-9,12H,2-7H2,1H3. The van der Waals surface area contributed by atoms with Crippen LogP contribution in [0.15, 0.2) is 21.6 Å². The molecule has 0 heterocycles. The molecule has 4 nitrogen and oxygen atoms in total. The van der Waals surface area contributed by atoms with Crippen molar-refractivity contribution in [2.24, 2.45) is 4.99 Å². The molecule has 2 aliphatic rings. The Bertz CT molecular complexity index is 585. The monoisotopic (exact) mass is 351 g/mol. The van der Waals surface area contributed by atoms with Gasteiger partial charge in [-0.25, -0.2) is 4.79 Å². The number of hydrogen-bond acceptors (Lipinski definition) is 4. The summed E-state index contributed by atoms with van der Waals surface area (Å²) < 4.78 is 12.4. The van der Waals surface area contributed by atoms with Crippen molar-refractivity contribution in [1.29, 1.82) is 0 Å². The average molecular weight is 352 g/mol. The number of rotatable bonds is 5. The third kappa shape index (κ3) is 2.85. The van der Waals surface area contributed by atoms with Crippen LogP contribution in [0.2, 0.25) is 0 Å². The third-order valence-electron chi connectivity index (χ3n) is 4.34. The van der Waals surface area contributed by atoms with Gasteiger partial charge in [0.15, 0.2) is 11.5 Å². The van der Waals surface area contributed by atoms with Crippen LogP contribution in [0, 0.1) is 0 Å². The summed E-state index contributed by atoms with van der Waals surface area (Å²) in [6.07, 6.45) is 8.34. The zero-order chi connectivity index (χ0) is 14.9. The second-order valence-electron chi connectivity index (χ2n) is 5.75. The minimum Gasteiger partial charge on any atom is -0.493 e. The lowest BCUT2D eigenvalue weighted by atomic mass is 10.0. The summed E-state index contributed by atoms with van der Waals surface area (Å²) in [5.74, 6) is 1.44. The van der Waals surface area contributed by atoms with E-state index in [1.54, 1.807) is 13.2 Å². The molecule has 0 aromatic heterocycles. The number of halogens is 1. The predicted octanol–water partition coefficient (Wildman–Crippen LogP) is 4.10. The van der Waals surface area contributed by atoms with E-state index in [4.69, 9.17) is 9.47 Å². The molecule has 3 rings (SSSR count). The molecule has 112 valence electrons. The maximum absolute atomic E-state index is 10.6. The lowest BCUT2D eigenvalue weighted by Crippen LogP contribution is -2.13. The molecule has 0 radical (unpaired) electrons. The molecule has 0 unspecified atom stereocenters. The molecule has 0 bridgehead atoms. The maximum Gasteiger partial charge on any atom is 0.235 e. The topological polar surface area (TPSA) is 47.9 Å².